The Morgan fingerprint density at radius 2 is 1.89 bits per heavy atom. The van der Waals surface area contributed by atoms with Gasteiger partial charge < -0.3 is 9.47 Å². The Hall–Kier alpha value is -1.84. The van der Waals surface area contributed by atoms with E-state index in [9.17, 15) is 9.59 Å². The number of aryl methyl sites for hydroxylation is 2. The zero-order chi connectivity index (χ0) is 13.7. The maximum Gasteiger partial charge on any atom is 0.347 e. The zero-order valence-electron chi connectivity index (χ0n) is 11.1. The van der Waals surface area contributed by atoms with E-state index in [2.05, 4.69) is 0 Å². The topological polar surface area (TPSA) is 52.6 Å². The molecule has 0 aromatic heterocycles. The fourth-order valence-corrected chi connectivity index (χ4v) is 1.40. The van der Waals surface area contributed by atoms with Crippen LogP contribution in [0.3, 0.4) is 0 Å². The summed E-state index contributed by atoms with van der Waals surface area (Å²) >= 11 is 0. The third kappa shape index (κ3) is 3.58. The number of ether oxygens (including phenoxy) is 2. The molecule has 1 aromatic rings. The first kappa shape index (κ1) is 14.2. The molecule has 0 aliphatic rings. The highest BCUT2D eigenvalue weighted by atomic mass is 16.6. The fraction of sp³-hybridized carbons (Fsp3) is 0.429. The van der Waals surface area contributed by atoms with Gasteiger partial charge in [0.05, 0.1) is 12.2 Å². The first-order valence-electron chi connectivity index (χ1n) is 5.90. The summed E-state index contributed by atoms with van der Waals surface area (Å²) in [6.07, 6.45) is -0.890. The molecule has 0 bridgehead atoms. The lowest BCUT2D eigenvalue weighted by molar-refractivity contribution is -0.152. The number of hydrogen-bond donors (Lipinski definition) is 0. The summed E-state index contributed by atoms with van der Waals surface area (Å²) in [7, 11) is 0. The second-order valence-corrected chi connectivity index (χ2v) is 4.10. The molecular formula is C14H18O4. The molecule has 0 saturated heterocycles. The molecule has 1 aromatic carbocycles. The van der Waals surface area contributed by atoms with Crippen molar-refractivity contribution in [2.45, 2.75) is 33.8 Å². The average Bonchev–Trinajstić information content (AvgIpc) is 2.32. The van der Waals surface area contributed by atoms with E-state index in [1.807, 2.05) is 19.9 Å². The Labute approximate surface area is 107 Å². The van der Waals surface area contributed by atoms with Gasteiger partial charge in [0.2, 0.25) is 0 Å². The normalized spacial score (nSPS) is 11.8. The number of carbonyl (C=O) groups excluding carboxylic acids is 2. The van der Waals surface area contributed by atoms with Crippen LogP contribution in [0.5, 0.6) is 0 Å². The van der Waals surface area contributed by atoms with Crippen molar-refractivity contribution in [3.05, 3.63) is 34.9 Å². The van der Waals surface area contributed by atoms with E-state index in [1.54, 1.807) is 19.1 Å². The highest BCUT2D eigenvalue weighted by molar-refractivity contribution is 5.91. The molecule has 0 fully saturated rings. The van der Waals surface area contributed by atoms with Crippen LogP contribution in [0.1, 0.15) is 35.3 Å². The van der Waals surface area contributed by atoms with Crippen LogP contribution in [0.2, 0.25) is 0 Å². The molecular weight excluding hydrogens is 232 g/mol. The van der Waals surface area contributed by atoms with Crippen molar-refractivity contribution in [1.29, 1.82) is 0 Å². The molecule has 1 unspecified atom stereocenters. The molecule has 1 atom stereocenters. The standard InChI is InChI=1S/C14H18O4/c1-5-17-13(15)11(4)18-14(16)12-7-6-9(2)10(3)8-12/h6-8,11H,5H2,1-4H3. The molecule has 1 rings (SSSR count). The summed E-state index contributed by atoms with van der Waals surface area (Å²) in [5.41, 5.74) is 2.55. The van der Waals surface area contributed by atoms with Gasteiger partial charge in [-0.3, -0.25) is 0 Å². The van der Waals surface area contributed by atoms with Crippen LogP contribution in [0.15, 0.2) is 18.2 Å². The second-order valence-electron chi connectivity index (χ2n) is 4.10. The highest BCUT2D eigenvalue weighted by Gasteiger charge is 2.19. The van der Waals surface area contributed by atoms with Crippen molar-refractivity contribution in [2.75, 3.05) is 6.61 Å². The molecule has 0 aliphatic carbocycles. The summed E-state index contributed by atoms with van der Waals surface area (Å²) in [6, 6.07) is 5.28. The van der Waals surface area contributed by atoms with Crippen LogP contribution in [-0.2, 0) is 14.3 Å². The fourth-order valence-electron chi connectivity index (χ4n) is 1.40. The van der Waals surface area contributed by atoms with E-state index < -0.39 is 18.0 Å². The van der Waals surface area contributed by atoms with Crippen LogP contribution in [-0.4, -0.2) is 24.6 Å². The lowest BCUT2D eigenvalue weighted by Gasteiger charge is -2.12. The first-order valence-corrected chi connectivity index (χ1v) is 5.90. The van der Waals surface area contributed by atoms with E-state index in [0.717, 1.165) is 11.1 Å². The van der Waals surface area contributed by atoms with E-state index in [4.69, 9.17) is 9.47 Å². The van der Waals surface area contributed by atoms with Gasteiger partial charge in [-0.1, -0.05) is 6.07 Å². The zero-order valence-corrected chi connectivity index (χ0v) is 11.1. The molecule has 18 heavy (non-hydrogen) atoms. The maximum atomic E-state index is 11.8. The second kappa shape index (κ2) is 6.19. The summed E-state index contributed by atoms with van der Waals surface area (Å²) in [5, 5.41) is 0. The molecule has 0 saturated carbocycles. The first-order chi connectivity index (χ1) is 8.45. The van der Waals surface area contributed by atoms with Crippen molar-refractivity contribution in [1.82, 2.24) is 0 Å². The van der Waals surface area contributed by atoms with E-state index in [1.165, 1.54) is 6.92 Å². The Morgan fingerprint density at radius 1 is 1.22 bits per heavy atom. The van der Waals surface area contributed by atoms with Gasteiger partial charge in [0.25, 0.3) is 0 Å². The lowest BCUT2D eigenvalue weighted by Crippen LogP contribution is -2.26. The van der Waals surface area contributed by atoms with Crippen LogP contribution in [0.25, 0.3) is 0 Å². The summed E-state index contributed by atoms with van der Waals surface area (Å²) in [6.45, 7) is 7.35. The highest BCUT2D eigenvalue weighted by Crippen LogP contribution is 2.12. The minimum absolute atomic E-state index is 0.268. The quantitative estimate of drug-likeness (QED) is 0.770. The number of hydrogen-bond acceptors (Lipinski definition) is 4. The number of carbonyl (C=O) groups is 2. The third-order valence-electron chi connectivity index (χ3n) is 2.64. The summed E-state index contributed by atoms with van der Waals surface area (Å²) in [4.78, 5) is 23.1. The third-order valence-corrected chi connectivity index (χ3v) is 2.64. The van der Waals surface area contributed by atoms with E-state index >= 15 is 0 Å². The molecule has 0 aliphatic heterocycles. The Morgan fingerprint density at radius 3 is 2.44 bits per heavy atom. The maximum absolute atomic E-state index is 11.8. The van der Waals surface area contributed by atoms with Gasteiger partial charge in [-0.25, -0.2) is 9.59 Å². The molecule has 0 N–H and O–H groups in total. The van der Waals surface area contributed by atoms with Gasteiger partial charge in [0.1, 0.15) is 0 Å². The van der Waals surface area contributed by atoms with E-state index in [0.29, 0.717) is 5.56 Å². The molecule has 98 valence electrons. The van der Waals surface area contributed by atoms with Crippen LogP contribution >= 0.6 is 0 Å². The van der Waals surface area contributed by atoms with Gasteiger partial charge in [-0.2, -0.15) is 0 Å². The minimum atomic E-state index is -0.890. The largest absolute Gasteiger partial charge is 0.463 e. The Balaban J connectivity index is 2.70. The molecule has 0 amide bonds. The molecule has 4 heteroatoms. The van der Waals surface area contributed by atoms with Gasteiger partial charge in [-0.15, -0.1) is 0 Å². The van der Waals surface area contributed by atoms with Crippen molar-refractivity contribution < 1.29 is 19.1 Å². The molecule has 0 spiro atoms. The molecule has 0 radical (unpaired) electrons. The van der Waals surface area contributed by atoms with Crippen molar-refractivity contribution in [3.8, 4) is 0 Å². The number of esters is 2. The Kier molecular flexibility index (Phi) is 4.89. The predicted molar refractivity (Wildman–Crippen MR) is 67.4 cm³/mol. The monoisotopic (exact) mass is 250 g/mol. The van der Waals surface area contributed by atoms with Gasteiger partial charge in [0, 0.05) is 0 Å². The van der Waals surface area contributed by atoms with Gasteiger partial charge >= 0.3 is 11.9 Å². The summed E-state index contributed by atoms with van der Waals surface area (Å²) < 4.78 is 9.80. The van der Waals surface area contributed by atoms with Gasteiger partial charge in [-0.05, 0) is 51.0 Å². The minimum Gasteiger partial charge on any atom is -0.463 e. The Bertz CT molecular complexity index is 451. The van der Waals surface area contributed by atoms with Crippen LogP contribution in [0, 0.1) is 13.8 Å². The number of rotatable bonds is 4. The van der Waals surface area contributed by atoms with Crippen molar-refractivity contribution >= 4 is 11.9 Å². The van der Waals surface area contributed by atoms with Crippen molar-refractivity contribution in [2.24, 2.45) is 0 Å². The average molecular weight is 250 g/mol. The van der Waals surface area contributed by atoms with Crippen LogP contribution < -0.4 is 0 Å². The summed E-state index contributed by atoms with van der Waals surface area (Å²) in [5.74, 6) is -1.05. The number of benzene rings is 1. The van der Waals surface area contributed by atoms with E-state index in [-0.39, 0.29) is 6.61 Å². The van der Waals surface area contributed by atoms with Crippen LogP contribution in [0.4, 0.5) is 0 Å². The predicted octanol–water partition coefficient (Wildman–Crippen LogP) is 2.41. The smallest absolute Gasteiger partial charge is 0.347 e. The van der Waals surface area contributed by atoms with Gasteiger partial charge in [0.15, 0.2) is 6.10 Å². The SMILES string of the molecule is CCOC(=O)C(C)OC(=O)c1ccc(C)c(C)c1. The van der Waals surface area contributed by atoms with Crippen molar-refractivity contribution in [3.63, 3.8) is 0 Å². The molecule has 4 nitrogen and oxygen atoms in total. The lowest BCUT2D eigenvalue weighted by atomic mass is 10.1. The molecule has 0 heterocycles.